The number of ether oxygens (including phenoxy) is 2. The van der Waals surface area contributed by atoms with Crippen molar-refractivity contribution in [1.29, 1.82) is 0 Å². The smallest absolute Gasteiger partial charge is 0.162 e. The Labute approximate surface area is 111 Å². The predicted molar refractivity (Wildman–Crippen MR) is 72.2 cm³/mol. The van der Waals surface area contributed by atoms with E-state index in [4.69, 9.17) is 15.2 Å². The van der Waals surface area contributed by atoms with E-state index in [0.717, 1.165) is 34.7 Å². The van der Waals surface area contributed by atoms with Gasteiger partial charge in [-0.3, -0.25) is 0 Å². The minimum absolute atomic E-state index is 0.530. The Morgan fingerprint density at radius 2 is 1.95 bits per heavy atom. The maximum Gasteiger partial charge on any atom is 0.162 e. The molecule has 0 fully saturated rings. The zero-order chi connectivity index (χ0) is 13.2. The lowest BCUT2D eigenvalue weighted by molar-refractivity contribution is 0.171. The van der Waals surface area contributed by atoms with Crippen LogP contribution in [-0.4, -0.2) is 23.2 Å². The van der Waals surface area contributed by atoms with Crippen LogP contribution in [0.1, 0.15) is 12.5 Å². The average molecular weight is 257 g/mol. The first kappa shape index (κ1) is 11.8. The zero-order valence-corrected chi connectivity index (χ0v) is 10.7. The SMILES string of the molecule is CCc1c(N)ncnc1-c1ccc2c(c1)OCCO2. The van der Waals surface area contributed by atoms with Gasteiger partial charge in [-0.15, -0.1) is 0 Å². The molecule has 19 heavy (non-hydrogen) atoms. The molecular weight excluding hydrogens is 242 g/mol. The van der Waals surface area contributed by atoms with Crippen molar-refractivity contribution < 1.29 is 9.47 Å². The van der Waals surface area contributed by atoms with Crippen LogP contribution in [0.3, 0.4) is 0 Å². The molecular formula is C14H15N3O2. The van der Waals surface area contributed by atoms with E-state index in [0.29, 0.717) is 19.0 Å². The Balaban J connectivity index is 2.09. The number of aromatic nitrogens is 2. The Morgan fingerprint density at radius 3 is 2.74 bits per heavy atom. The van der Waals surface area contributed by atoms with Crippen LogP contribution in [0, 0.1) is 0 Å². The first-order chi connectivity index (χ1) is 9.29. The lowest BCUT2D eigenvalue weighted by Crippen LogP contribution is -2.15. The Hall–Kier alpha value is -2.30. The van der Waals surface area contributed by atoms with E-state index >= 15 is 0 Å². The molecule has 0 spiro atoms. The van der Waals surface area contributed by atoms with Gasteiger partial charge in [0.25, 0.3) is 0 Å². The molecule has 1 aliphatic rings. The summed E-state index contributed by atoms with van der Waals surface area (Å²) >= 11 is 0. The average Bonchev–Trinajstić information content (AvgIpc) is 2.46. The fourth-order valence-electron chi connectivity index (χ4n) is 2.21. The molecule has 0 unspecified atom stereocenters. The maximum absolute atomic E-state index is 5.90. The highest BCUT2D eigenvalue weighted by atomic mass is 16.6. The Kier molecular flexibility index (Phi) is 2.95. The van der Waals surface area contributed by atoms with E-state index in [1.165, 1.54) is 6.33 Å². The number of fused-ring (bicyclic) bond motifs is 1. The van der Waals surface area contributed by atoms with Gasteiger partial charge in [-0.2, -0.15) is 0 Å². The van der Waals surface area contributed by atoms with Gasteiger partial charge < -0.3 is 15.2 Å². The molecule has 0 radical (unpaired) electrons. The van der Waals surface area contributed by atoms with Gasteiger partial charge in [-0.1, -0.05) is 6.92 Å². The largest absolute Gasteiger partial charge is 0.486 e. The summed E-state index contributed by atoms with van der Waals surface area (Å²) in [5.74, 6) is 2.06. The number of hydrogen-bond donors (Lipinski definition) is 1. The van der Waals surface area contributed by atoms with Crippen LogP contribution in [-0.2, 0) is 6.42 Å². The van der Waals surface area contributed by atoms with Gasteiger partial charge >= 0.3 is 0 Å². The predicted octanol–water partition coefficient (Wildman–Crippen LogP) is 2.06. The van der Waals surface area contributed by atoms with Crippen LogP contribution in [0.25, 0.3) is 11.3 Å². The molecule has 1 aromatic heterocycles. The quantitative estimate of drug-likeness (QED) is 0.891. The van der Waals surface area contributed by atoms with Gasteiger partial charge in [0.2, 0.25) is 0 Å². The van der Waals surface area contributed by atoms with Crippen molar-refractivity contribution >= 4 is 5.82 Å². The summed E-state index contributed by atoms with van der Waals surface area (Å²) in [5.41, 5.74) is 8.68. The summed E-state index contributed by atoms with van der Waals surface area (Å²) in [6, 6.07) is 5.81. The van der Waals surface area contributed by atoms with Crippen molar-refractivity contribution in [1.82, 2.24) is 9.97 Å². The molecule has 98 valence electrons. The van der Waals surface area contributed by atoms with Gasteiger partial charge in [0.05, 0.1) is 5.69 Å². The minimum atomic E-state index is 0.530. The zero-order valence-electron chi connectivity index (χ0n) is 10.7. The number of anilines is 1. The fraction of sp³-hybridized carbons (Fsp3) is 0.286. The minimum Gasteiger partial charge on any atom is -0.486 e. The van der Waals surface area contributed by atoms with Crippen LogP contribution in [0.15, 0.2) is 24.5 Å². The van der Waals surface area contributed by atoms with Crippen LogP contribution in [0.5, 0.6) is 11.5 Å². The van der Waals surface area contributed by atoms with Crippen LogP contribution < -0.4 is 15.2 Å². The highest BCUT2D eigenvalue weighted by molar-refractivity contribution is 5.70. The number of nitrogen functional groups attached to an aromatic ring is 1. The number of nitrogens with zero attached hydrogens (tertiary/aromatic N) is 2. The third-order valence-corrected chi connectivity index (χ3v) is 3.15. The van der Waals surface area contributed by atoms with Crippen LogP contribution >= 0.6 is 0 Å². The first-order valence-corrected chi connectivity index (χ1v) is 6.29. The van der Waals surface area contributed by atoms with Crippen molar-refractivity contribution in [2.24, 2.45) is 0 Å². The number of hydrogen-bond acceptors (Lipinski definition) is 5. The molecule has 0 atom stereocenters. The summed E-state index contributed by atoms with van der Waals surface area (Å²) in [6.07, 6.45) is 2.27. The Bertz CT molecular complexity index is 614. The molecule has 1 aromatic carbocycles. The summed E-state index contributed by atoms with van der Waals surface area (Å²) in [6.45, 7) is 3.20. The third kappa shape index (κ3) is 2.07. The van der Waals surface area contributed by atoms with Gasteiger partial charge in [-0.05, 0) is 24.6 Å². The van der Waals surface area contributed by atoms with Gasteiger partial charge in [-0.25, -0.2) is 9.97 Å². The molecule has 0 amide bonds. The lowest BCUT2D eigenvalue weighted by Gasteiger charge is -2.19. The molecule has 5 nitrogen and oxygen atoms in total. The monoisotopic (exact) mass is 257 g/mol. The summed E-state index contributed by atoms with van der Waals surface area (Å²) in [5, 5.41) is 0. The highest BCUT2D eigenvalue weighted by Crippen LogP contribution is 2.35. The third-order valence-electron chi connectivity index (χ3n) is 3.15. The molecule has 5 heteroatoms. The Morgan fingerprint density at radius 1 is 1.16 bits per heavy atom. The molecule has 0 bridgehead atoms. The van der Waals surface area contributed by atoms with E-state index in [2.05, 4.69) is 9.97 Å². The van der Waals surface area contributed by atoms with E-state index in [-0.39, 0.29) is 0 Å². The second-order valence-corrected chi connectivity index (χ2v) is 4.30. The number of nitrogens with two attached hydrogens (primary N) is 1. The van der Waals surface area contributed by atoms with E-state index in [1.54, 1.807) is 0 Å². The summed E-state index contributed by atoms with van der Waals surface area (Å²) in [4.78, 5) is 8.38. The van der Waals surface area contributed by atoms with E-state index in [9.17, 15) is 0 Å². The summed E-state index contributed by atoms with van der Waals surface area (Å²) < 4.78 is 11.1. The van der Waals surface area contributed by atoms with Crippen LogP contribution in [0.2, 0.25) is 0 Å². The van der Waals surface area contributed by atoms with Crippen molar-refractivity contribution in [3.8, 4) is 22.8 Å². The van der Waals surface area contributed by atoms with Crippen molar-refractivity contribution in [3.63, 3.8) is 0 Å². The topological polar surface area (TPSA) is 70.3 Å². The van der Waals surface area contributed by atoms with E-state index < -0.39 is 0 Å². The molecule has 2 aromatic rings. The van der Waals surface area contributed by atoms with Crippen LogP contribution in [0.4, 0.5) is 5.82 Å². The van der Waals surface area contributed by atoms with Crippen molar-refractivity contribution in [2.45, 2.75) is 13.3 Å². The van der Waals surface area contributed by atoms with Gasteiger partial charge in [0, 0.05) is 11.1 Å². The molecule has 2 N–H and O–H groups in total. The van der Waals surface area contributed by atoms with Crippen molar-refractivity contribution in [3.05, 3.63) is 30.1 Å². The maximum atomic E-state index is 5.90. The molecule has 0 saturated carbocycles. The molecule has 0 saturated heterocycles. The first-order valence-electron chi connectivity index (χ1n) is 6.29. The van der Waals surface area contributed by atoms with E-state index in [1.807, 2.05) is 25.1 Å². The van der Waals surface area contributed by atoms with Gasteiger partial charge in [0.1, 0.15) is 25.4 Å². The fourth-order valence-corrected chi connectivity index (χ4v) is 2.21. The highest BCUT2D eigenvalue weighted by Gasteiger charge is 2.15. The number of rotatable bonds is 2. The van der Waals surface area contributed by atoms with Gasteiger partial charge in [0.15, 0.2) is 11.5 Å². The van der Waals surface area contributed by atoms with Crippen molar-refractivity contribution in [2.75, 3.05) is 18.9 Å². The molecule has 2 heterocycles. The standard InChI is InChI=1S/C14H15N3O2/c1-2-10-13(16-8-17-14(10)15)9-3-4-11-12(7-9)19-6-5-18-11/h3-4,7-8H,2,5-6H2,1H3,(H2,15,16,17). The number of benzene rings is 1. The molecule has 3 rings (SSSR count). The summed E-state index contributed by atoms with van der Waals surface area (Å²) in [7, 11) is 0. The normalized spacial score (nSPS) is 13.3. The second-order valence-electron chi connectivity index (χ2n) is 4.30. The lowest BCUT2D eigenvalue weighted by atomic mass is 10.0. The molecule has 0 aliphatic carbocycles. The second kappa shape index (κ2) is 4.76. The molecule has 1 aliphatic heterocycles.